The van der Waals surface area contributed by atoms with Crippen LogP contribution in [0, 0.1) is 0 Å². The number of thiazole rings is 2. The Labute approximate surface area is 164 Å². The largest absolute Gasteiger partial charge is 0.378 e. The van der Waals surface area contributed by atoms with Gasteiger partial charge in [0.1, 0.15) is 10.7 Å². The minimum atomic E-state index is 0.0122. The number of amides is 1. The molecule has 1 fully saturated rings. The van der Waals surface area contributed by atoms with Crippen LogP contribution in [0.3, 0.4) is 0 Å². The number of likely N-dealkylation sites (tertiary alicyclic amines) is 1. The molecule has 0 aliphatic carbocycles. The van der Waals surface area contributed by atoms with Gasteiger partial charge in [-0.3, -0.25) is 4.79 Å². The number of hydrogen-bond donors (Lipinski definition) is 0. The van der Waals surface area contributed by atoms with E-state index >= 15 is 0 Å². The topological polar surface area (TPSA) is 55.3 Å². The van der Waals surface area contributed by atoms with Gasteiger partial charge in [-0.25, -0.2) is 9.97 Å². The normalized spacial score (nSPS) is 15.7. The summed E-state index contributed by atoms with van der Waals surface area (Å²) in [6.07, 6.45) is 1.85. The maximum Gasteiger partial charge on any atom is 0.273 e. The molecule has 3 aromatic rings. The molecule has 26 heavy (non-hydrogen) atoms. The van der Waals surface area contributed by atoms with Crippen LogP contribution in [-0.2, 0) is 11.3 Å². The Balaban J connectivity index is 1.41. The molecular weight excluding hydrogens is 390 g/mol. The van der Waals surface area contributed by atoms with Crippen LogP contribution < -0.4 is 0 Å². The standard InChI is InChI=1S/C18H18ClN3O2S2/c1-24-9-16-20-14(10-25-16)18(23)22-6-4-11(5-7-22)17-21-13-8-12(19)2-3-15(13)26-17/h2-3,8,10-11H,4-7,9H2,1H3. The van der Waals surface area contributed by atoms with E-state index in [9.17, 15) is 4.79 Å². The Morgan fingerprint density at radius 2 is 2.15 bits per heavy atom. The molecule has 1 aliphatic rings. The zero-order valence-electron chi connectivity index (χ0n) is 14.3. The lowest BCUT2D eigenvalue weighted by Gasteiger charge is -2.30. The van der Waals surface area contributed by atoms with Crippen LogP contribution in [0.5, 0.6) is 0 Å². The molecule has 1 saturated heterocycles. The van der Waals surface area contributed by atoms with Crippen molar-refractivity contribution < 1.29 is 9.53 Å². The highest BCUT2D eigenvalue weighted by molar-refractivity contribution is 7.18. The molecule has 3 heterocycles. The van der Waals surface area contributed by atoms with Gasteiger partial charge in [-0.1, -0.05) is 11.6 Å². The summed E-state index contributed by atoms with van der Waals surface area (Å²) in [6, 6.07) is 5.84. The van der Waals surface area contributed by atoms with Gasteiger partial charge in [0.15, 0.2) is 0 Å². The fourth-order valence-electron chi connectivity index (χ4n) is 3.18. The summed E-state index contributed by atoms with van der Waals surface area (Å²) in [5.74, 6) is 0.410. The Bertz CT molecular complexity index is 932. The minimum absolute atomic E-state index is 0.0122. The Morgan fingerprint density at radius 3 is 2.92 bits per heavy atom. The minimum Gasteiger partial charge on any atom is -0.378 e. The number of piperidine rings is 1. The number of aromatic nitrogens is 2. The molecule has 5 nitrogen and oxygen atoms in total. The second-order valence-electron chi connectivity index (χ2n) is 6.29. The first-order valence-corrected chi connectivity index (χ1v) is 10.5. The molecule has 1 aromatic carbocycles. The van der Waals surface area contributed by atoms with Gasteiger partial charge in [-0.2, -0.15) is 0 Å². The molecule has 4 rings (SSSR count). The third-order valence-electron chi connectivity index (χ3n) is 4.54. The molecule has 0 spiro atoms. The number of halogens is 1. The average Bonchev–Trinajstić information content (AvgIpc) is 3.28. The SMILES string of the molecule is COCc1nc(C(=O)N2CCC(c3nc4cc(Cl)ccc4s3)CC2)cs1. The molecule has 1 aliphatic heterocycles. The Hall–Kier alpha value is -1.54. The molecular formula is C18H18ClN3O2S2. The first-order valence-electron chi connectivity index (χ1n) is 8.42. The lowest BCUT2D eigenvalue weighted by Crippen LogP contribution is -2.38. The molecule has 0 radical (unpaired) electrons. The molecule has 1 amide bonds. The number of hydrogen-bond acceptors (Lipinski definition) is 6. The van der Waals surface area contributed by atoms with E-state index < -0.39 is 0 Å². The summed E-state index contributed by atoms with van der Waals surface area (Å²) < 4.78 is 6.23. The van der Waals surface area contributed by atoms with Crippen LogP contribution in [-0.4, -0.2) is 41.0 Å². The van der Waals surface area contributed by atoms with Crippen molar-refractivity contribution in [1.82, 2.24) is 14.9 Å². The van der Waals surface area contributed by atoms with E-state index in [4.69, 9.17) is 21.3 Å². The third kappa shape index (κ3) is 3.62. The monoisotopic (exact) mass is 407 g/mol. The lowest BCUT2D eigenvalue weighted by molar-refractivity contribution is 0.0707. The summed E-state index contributed by atoms with van der Waals surface area (Å²) in [4.78, 5) is 23.7. The number of fused-ring (bicyclic) bond motifs is 1. The number of rotatable bonds is 4. The molecule has 136 valence electrons. The second kappa shape index (κ2) is 7.60. The van der Waals surface area contributed by atoms with Crippen molar-refractivity contribution in [2.24, 2.45) is 0 Å². The molecule has 8 heteroatoms. The van der Waals surface area contributed by atoms with Crippen LogP contribution in [0.1, 0.15) is 39.3 Å². The van der Waals surface area contributed by atoms with Crippen molar-refractivity contribution in [3.8, 4) is 0 Å². The number of methoxy groups -OCH3 is 1. The van der Waals surface area contributed by atoms with Gasteiger partial charge in [-0.05, 0) is 31.0 Å². The Morgan fingerprint density at radius 1 is 1.35 bits per heavy atom. The van der Waals surface area contributed by atoms with Crippen molar-refractivity contribution >= 4 is 50.4 Å². The summed E-state index contributed by atoms with van der Waals surface area (Å²) >= 11 is 9.25. The van der Waals surface area contributed by atoms with Gasteiger partial charge in [0, 0.05) is 36.5 Å². The third-order valence-corrected chi connectivity index (χ3v) is 6.79. The summed E-state index contributed by atoms with van der Waals surface area (Å²) in [5, 5.41) is 4.51. The van der Waals surface area contributed by atoms with E-state index in [1.165, 1.54) is 11.3 Å². The van der Waals surface area contributed by atoms with Crippen LogP contribution in [0.2, 0.25) is 5.02 Å². The Kier molecular flexibility index (Phi) is 5.22. The van der Waals surface area contributed by atoms with Crippen molar-refractivity contribution in [3.63, 3.8) is 0 Å². The number of carbonyl (C=O) groups is 1. The molecule has 0 N–H and O–H groups in total. The van der Waals surface area contributed by atoms with Gasteiger partial charge in [-0.15, -0.1) is 22.7 Å². The van der Waals surface area contributed by atoms with Crippen LogP contribution in [0.15, 0.2) is 23.6 Å². The maximum atomic E-state index is 12.6. The summed E-state index contributed by atoms with van der Waals surface area (Å²) in [6.45, 7) is 1.91. The van der Waals surface area contributed by atoms with E-state index in [-0.39, 0.29) is 5.91 Å². The van der Waals surface area contributed by atoms with Crippen LogP contribution in [0.4, 0.5) is 0 Å². The highest BCUT2D eigenvalue weighted by Crippen LogP contribution is 2.35. The molecule has 0 bridgehead atoms. The van der Waals surface area contributed by atoms with Gasteiger partial charge in [0.25, 0.3) is 5.91 Å². The van der Waals surface area contributed by atoms with Crippen molar-refractivity contribution in [2.45, 2.75) is 25.4 Å². The fraction of sp³-hybridized carbons (Fsp3) is 0.389. The number of carbonyl (C=O) groups excluding carboxylic acids is 1. The molecule has 0 unspecified atom stereocenters. The van der Waals surface area contributed by atoms with Crippen molar-refractivity contribution in [2.75, 3.05) is 20.2 Å². The second-order valence-corrected chi connectivity index (χ2v) is 8.73. The van der Waals surface area contributed by atoms with E-state index in [1.54, 1.807) is 18.4 Å². The lowest BCUT2D eigenvalue weighted by atomic mass is 9.97. The number of ether oxygens (including phenoxy) is 1. The summed E-state index contributed by atoms with van der Waals surface area (Å²) in [5.41, 5.74) is 1.49. The van der Waals surface area contributed by atoms with Gasteiger partial charge in [0.05, 0.1) is 21.8 Å². The zero-order valence-corrected chi connectivity index (χ0v) is 16.7. The van der Waals surface area contributed by atoms with Crippen molar-refractivity contribution in [1.29, 1.82) is 0 Å². The predicted molar refractivity (Wildman–Crippen MR) is 105 cm³/mol. The quantitative estimate of drug-likeness (QED) is 0.635. The van der Waals surface area contributed by atoms with E-state index in [0.717, 1.165) is 46.2 Å². The highest BCUT2D eigenvalue weighted by atomic mass is 35.5. The number of benzene rings is 1. The number of nitrogens with zero attached hydrogens (tertiary/aromatic N) is 3. The smallest absolute Gasteiger partial charge is 0.273 e. The van der Waals surface area contributed by atoms with E-state index in [0.29, 0.717) is 23.2 Å². The molecule has 0 saturated carbocycles. The van der Waals surface area contributed by atoms with E-state index in [2.05, 4.69) is 4.98 Å². The molecule has 2 aromatic heterocycles. The van der Waals surface area contributed by atoms with Crippen LogP contribution in [0.25, 0.3) is 10.2 Å². The van der Waals surface area contributed by atoms with Crippen LogP contribution >= 0.6 is 34.3 Å². The van der Waals surface area contributed by atoms with Gasteiger partial charge in [0.2, 0.25) is 0 Å². The van der Waals surface area contributed by atoms with E-state index in [1.807, 2.05) is 28.5 Å². The molecule has 0 atom stereocenters. The van der Waals surface area contributed by atoms with Gasteiger partial charge >= 0.3 is 0 Å². The fourth-order valence-corrected chi connectivity index (χ4v) is 5.20. The van der Waals surface area contributed by atoms with Gasteiger partial charge < -0.3 is 9.64 Å². The average molecular weight is 408 g/mol. The highest BCUT2D eigenvalue weighted by Gasteiger charge is 2.27. The van der Waals surface area contributed by atoms with Crippen molar-refractivity contribution in [3.05, 3.63) is 44.3 Å². The first kappa shape index (κ1) is 17.9. The predicted octanol–water partition coefficient (Wildman–Crippen LogP) is 4.57. The summed E-state index contributed by atoms with van der Waals surface area (Å²) in [7, 11) is 1.63. The maximum absolute atomic E-state index is 12.6. The zero-order chi connectivity index (χ0) is 18.1. The first-order chi connectivity index (χ1) is 12.6.